The SMILES string of the molecule is COc1cn(-c2cccc(C(F)(F)F)c2)nc1C(=O)NC1CCN(CC2CCCCC2)CC1. The van der Waals surface area contributed by atoms with Crippen LogP contribution >= 0.6 is 0 Å². The lowest BCUT2D eigenvalue weighted by Crippen LogP contribution is -2.46. The van der Waals surface area contributed by atoms with Crippen molar-refractivity contribution in [3.8, 4) is 11.4 Å². The van der Waals surface area contributed by atoms with Gasteiger partial charge in [0.1, 0.15) is 0 Å². The second kappa shape index (κ2) is 10.2. The molecule has 2 aliphatic rings. The maximum Gasteiger partial charge on any atom is 0.416 e. The van der Waals surface area contributed by atoms with Crippen LogP contribution in [0.15, 0.2) is 30.5 Å². The zero-order chi connectivity index (χ0) is 23.4. The van der Waals surface area contributed by atoms with E-state index >= 15 is 0 Å². The van der Waals surface area contributed by atoms with Crippen molar-refractivity contribution in [3.05, 3.63) is 41.7 Å². The average Bonchev–Trinajstić information content (AvgIpc) is 3.25. The molecular formula is C24H31F3N4O2. The largest absolute Gasteiger partial charge is 0.493 e. The molecule has 6 nitrogen and oxygen atoms in total. The van der Waals surface area contributed by atoms with E-state index in [1.165, 1.54) is 62.2 Å². The van der Waals surface area contributed by atoms with Crippen molar-refractivity contribution in [2.75, 3.05) is 26.7 Å². The molecule has 1 saturated heterocycles. The van der Waals surface area contributed by atoms with E-state index in [1.807, 2.05) is 0 Å². The van der Waals surface area contributed by atoms with Gasteiger partial charge in [-0.2, -0.15) is 18.3 Å². The minimum atomic E-state index is -4.46. The van der Waals surface area contributed by atoms with Crippen LogP contribution < -0.4 is 10.1 Å². The first-order chi connectivity index (χ1) is 15.8. The van der Waals surface area contributed by atoms with E-state index in [2.05, 4.69) is 15.3 Å². The quantitative estimate of drug-likeness (QED) is 0.675. The second-order valence-corrected chi connectivity index (χ2v) is 9.09. The molecular weight excluding hydrogens is 433 g/mol. The molecule has 1 aromatic heterocycles. The molecule has 0 spiro atoms. The molecule has 0 atom stereocenters. The molecule has 0 bridgehead atoms. The Labute approximate surface area is 192 Å². The highest BCUT2D eigenvalue weighted by molar-refractivity contribution is 5.95. The van der Waals surface area contributed by atoms with Crippen LogP contribution in [0.5, 0.6) is 5.75 Å². The van der Waals surface area contributed by atoms with Gasteiger partial charge in [-0.3, -0.25) is 4.79 Å². The zero-order valence-electron chi connectivity index (χ0n) is 18.9. The third-order valence-electron chi connectivity index (χ3n) is 6.72. The Bertz CT molecular complexity index is 945. The molecule has 1 aliphatic heterocycles. The van der Waals surface area contributed by atoms with Crippen molar-refractivity contribution in [1.29, 1.82) is 0 Å². The monoisotopic (exact) mass is 464 g/mol. The van der Waals surface area contributed by atoms with Gasteiger partial charge in [0.15, 0.2) is 11.4 Å². The van der Waals surface area contributed by atoms with Gasteiger partial charge in [-0.05, 0) is 49.8 Å². The number of likely N-dealkylation sites (tertiary alicyclic amines) is 1. The van der Waals surface area contributed by atoms with Crippen LogP contribution in [0.4, 0.5) is 13.2 Å². The highest BCUT2D eigenvalue weighted by atomic mass is 19.4. The number of halogens is 3. The number of carbonyl (C=O) groups excluding carboxylic acids is 1. The molecule has 9 heteroatoms. The second-order valence-electron chi connectivity index (χ2n) is 9.09. The van der Waals surface area contributed by atoms with Crippen LogP contribution in [0.25, 0.3) is 5.69 Å². The number of piperidine rings is 1. The van der Waals surface area contributed by atoms with E-state index in [0.717, 1.165) is 50.5 Å². The third-order valence-corrected chi connectivity index (χ3v) is 6.72. The van der Waals surface area contributed by atoms with Gasteiger partial charge >= 0.3 is 6.18 Å². The molecule has 0 radical (unpaired) electrons. The summed E-state index contributed by atoms with van der Waals surface area (Å²) in [4.78, 5) is 15.4. The molecule has 2 aromatic rings. The summed E-state index contributed by atoms with van der Waals surface area (Å²) in [7, 11) is 1.41. The highest BCUT2D eigenvalue weighted by Gasteiger charge is 2.31. The van der Waals surface area contributed by atoms with E-state index in [0.29, 0.717) is 0 Å². The molecule has 2 fully saturated rings. The normalized spacial score (nSPS) is 18.9. The first-order valence-electron chi connectivity index (χ1n) is 11.7. The third kappa shape index (κ3) is 5.88. The summed E-state index contributed by atoms with van der Waals surface area (Å²) >= 11 is 0. The van der Waals surface area contributed by atoms with Crippen LogP contribution in [0.1, 0.15) is 61.0 Å². The molecule has 33 heavy (non-hydrogen) atoms. The minimum absolute atomic E-state index is 0.0449. The molecule has 4 rings (SSSR count). The number of ether oxygens (including phenoxy) is 1. The minimum Gasteiger partial charge on any atom is -0.493 e. The van der Waals surface area contributed by atoms with Gasteiger partial charge in [-0.25, -0.2) is 4.68 Å². The van der Waals surface area contributed by atoms with Crippen LogP contribution in [-0.2, 0) is 6.18 Å². The lowest BCUT2D eigenvalue weighted by Gasteiger charge is -2.35. The first-order valence-corrected chi connectivity index (χ1v) is 11.7. The maximum absolute atomic E-state index is 13.1. The van der Waals surface area contributed by atoms with Crippen LogP contribution in [-0.4, -0.2) is 53.4 Å². The fourth-order valence-electron chi connectivity index (χ4n) is 4.87. The first kappa shape index (κ1) is 23.6. The number of carbonyl (C=O) groups is 1. The molecule has 1 saturated carbocycles. The number of methoxy groups -OCH3 is 1. The molecule has 1 amide bonds. The predicted octanol–water partition coefficient (Wildman–Crippen LogP) is 4.67. The molecule has 1 aliphatic carbocycles. The molecule has 0 unspecified atom stereocenters. The molecule has 1 aromatic carbocycles. The highest BCUT2D eigenvalue weighted by Crippen LogP contribution is 2.31. The summed E-state index contributed by atoms with van der Waals surface area (Å²) in [6, 6.07) is 4.86. The number of aromatic nitrogens is 2. The lowest BCUT2D eigenvalue weighted by molar-refractivity contribution is -0.137. The number of hydrogen-bond donors (Lipinski definition) is 1. The number of alkyl halides is 3. The lowest BCUT2D eigenvalue weighted by atomic mass is 9.88. The van der Waals surface area contributed by atoms with Gasteiger partial charge in [0.05, 0.1) is 24.6 Å². The summed E-state index contributed by atoms with van der Waals surface area (Å²) < 4.78 is 45.7. The van der Waals surface area contributed by atoms with E-state index in [4.69, 9.17) is 4.74 Å². The van der Waals surface area contributed by atoms with Crippen molar-refractivity contribution in [2.45, 2.75) is 57.2 Å². The number of rotatable bonds is 6. The molecule has 180 valence electrons. The fraction of sp³-hybridized carbons (Fsp3) is 0.583. The van der Waals surface area contributed by atoms with Gasteiger partial charge in [-0.15, -0.1) is 0 Å². The summed E-state index contributed by atoms with van der Waals surface area (Å²) in [6.45, 7) is 3.06. The summed E-state index contributed by atoms with van der Waals surface area (Å²) in [5, 5.41) is 7.27. The van der Waals surface area contributed by atoms with Crippen molar-refractivity contribution < 1.29 is 22.7 Å². The Morgan fingerprint density at radius 2 is 1.88 bits per heavy atom. The number of nitrogens with zero attached hydrogens (tertiary/aromatic N) is 3. The van der Waals surface area contributed by atoms with E-state index in [9.17, 15) is 18.0 Å². The maximum atomic E-state index is 13.1. The predicted molar refractivity (Wildman–Crippen MR) is 119 cm³/mol. The van der Waals surface area contributed by atoms with Gasteiger partial charge in [-0.1, -0.05) is 25.3 Å². The number of amides is 1. The molecule has 1 N–H and O–H groups in total. The van der Waals surface area contributed by atoms with Gasteiger partial charge in [0.25, 0.3) is 5.91 Å². The number of hydrogen-bond acceptors (Lipinski definition) is 4. The number of benzene rings is 1. The van der Waals surface area contributed by atoms with Crippen molar-refractivity contribution in [3.63, 3.8) is 0 Å². The smallest absolute Gasteiger partial charge is 0.416 e. The standard InChI is InChI=1S/C24H31F3N4O2/c1-33-21-16-31(20-9-5-8-18(14-20)24(25,26)27)29-22(21)23(32)28-19-10-12-30(13-11-19)15-17-6-3-2-4-7-17/h5,8-9,14,16-17,19H,2-4,6-7,10-13,15H2,1H3,(H,28,32). The van der Waals surface area contributed by atoms with Gasteiger partial charge in [0.2, 0.25) is 0 Å². The van der Waals surface area contributed by atoms with E-state index in [-0.39, 0.29) is 29.1 Å². The Hall–Kier alpha value is -2.55. The van der Waals surface area contributed by atoms with Crippen LogP contribution in [0.2, 0.25) is 0 Å². The molecule has 2 heterocycles. The van der Waals surface area contributed by atoms with E-state index < -0.39 is 11.7 Å². The summed E-state index contributed by atoms with van der Waals surface area (Å²) in [6.07, 6.45) is 5.40. The topological polar surface area (TPSA) is 59.4 Å². The van der Waals surface area contributed by atoms with Gasteiger partial charge in [0, 0.05) is 25.7 Å². The fourth-order valence-corrected chi connectivity index (χ4v) is 4.87. The summed E-state index contributed by atoms with van der Waals surface area (Å²) in [5.41, 5.74) is -0.502. The number of nitrogens with one attached hydrogen (secondary N) is 1. The Kier molecular flexibility index (Phi) is 7.26. The van der Waals surface area contributed by atoms with E-state index in [1.54, 1.807) is 0 Å². The van der Waals surface area contributed by atoms with Crippen molar-refractivity contribution in [1.82, 2.24) is 20.0 Å². The zero-order valence-corrected chi connectivity index (χ0v) is 18.9. The summed E-state index contributed by atoms with van der Waals surface area (Å²) in [5.74, 6) is 0.650. The Morgan fingerprint density at radius 1 is 1.15 bits per heavy atom. The van der Waals surface area contributed by atoms with Crippen molar-refractivity contribution >= 4 is 5.91 Å². The Balaban J connectivity index is 1.37. The van der Waals surface area contributed by atoms with Crippen molar-refractivity contribution in [2.24, 2.45) is 5.92 Å². The average molecular weight is 465 g/mol. The van der Waals surface area contributed by atoms with Crippen LogP contribution in [0, 0.1) is 5.92 Å². The van der Waals surface area contributed by atoms with Gasteiger partial charge < -0.3 is 15.0 Å². The Morgan fingerprint density at radius 3 is 2.55 bits per heavy atom. The van der Waals surface area contributed by atoms with Crippen LogP contribution in [0.3, 0.4) is 0 Å².